The second-order valence-corrected chi connectivity index (χ2v) is 11.1. The Hall–Kier alpha value is -2.53. The first-order chi connectivity index (χ1) is 17.9. The van der Waals surface area contributed by atoms with E-state index in [1.165, 1.54) is 59.5 Å². The number of rotatable bonds is 12. The molecule has 7 heteroatoms. The lowest BCUT2D eigenvalue weighted by Gasteiger charge is -2.44. The number of hydrogen-bond donors (Lipinski definition) is 2. The first-order valence-corrected chi connectivity index (χ1v) is 14.6. The van der Waals surface area contributed by atoms with Gasteiger partial charge in [0.05, 0.1) is 6.54 Å². The van der Waals surface area contributed by atoms with Gasteiger partial charge in [-0.3, -0.25) is 4.79 Å². The van der Waals surface area contributed by atoms with Crippen molar-refractivity contribution in [3.63, 3.8) is 0 Å². The zero-order valence-corrected chi connectivity index (χ0v) is 23.5. The summed E-state index contributed by atoms with van der Waals surface area (Å²) in [4.78, 5) is 9.93. The maximum Gasteiger partial charge on any atom is 0.279 e. The largest absolute Gasteiger partial charge is 0.372 e. The van der Waals surface area contributed by atoms with Crippen LogP contribution in [-0.4, -0.2) is 31.5 Å². The monoisotopic (exact) mass is 519 g/mol. The lowest BCUT2D eigenvalue weighted by Crippen LogP contribution is -2.66. The van der Waals surface area contributed by atoms with Gasteiger partial charge in [0.2, 0.25) is 6.41 Å². The number of carbonyl (C=O) groups excluding carboxylic acids is 1. The van der Waals surface area contributed by atoms with Crippen LogP contribution in [0.2, 0.25) is 12.6 Å². The van der Waals surface area contributed by atoms with Crippen molar-refractivity contribution < 1.29 is 4.79 Å². The summed E-state index contributed by atoms with van der Waals surface area (Å²) < 4.78 is 0.400. The predicted octanol–water partition coefficient (Wildman–Crippen LogP) is 6.99. The molecule has 2 aromatic rings. The van der Waals surface area contributed by atoms with Crippen LogP contribution in [0.4, 0.5) is 5.69 Å². The third-order valence-electron chi connectivity index (χ3n) is 7.29. The van der Waals surface area contributed by atoms with E-state index in [1.54, 1.807) is 0 Å². The fraction of sp³-hybridized carbons (Fsp3) is 0.467. The van der Waals surface area contributed by atoms with Gasteiger partial charge in [0, 0.05) is 29.4 Å². The van der Waals surface area contributed by atoms with Crippen molar-refractivity contribution in [2.75, 3.05) is 12.3 Å². The van der Waals surface area contributed by atoms with E-state index in [0.717, 1.165) is 37.7 Å². The molecule has 1 saturated heterocycles. The van der Waals surface area contributed by atoms with Crippen LogP contribution >= 0.6 is 11.8 Å². The van der Waals surface area contributed by atoms with Crippen LogP contribution in [0.25, 0.3) is 11.1 Å². The molecule has 0 bridgehead atoms. The molecule has 2 atom stereocenters. The van der Waals surface area contributed by atoms with Gasteiger partial charge in [-0.1, -0.05) is 75.9 Å². The Bertz CT molecular complexity index is 1020. The number of quaternary nitrogens is 1. The number of carbonyl (C=O) groups is 1. The molecule has 0 saturated carbocycles. The predicted molar refractivity (Wildman–Crippen MR) is 161 cm³/mol. The lowest BCUT2D eigenvalue weighted by atomic mass is 9.43. The number of unbranched alkanes of at least 4 members (excludes halogenated alkanes) is 4. The zero-order valence-electron chi connectivity index (χ0n) is 22.7. The van der Waals surface area contributed by atoms with E-state index in [0.29, 0.717) is 4.59 Å². The molecule has 198 valence electrons. The Morgan fingerprint density at radius 3 is 2.51 bits per heavy atom. The minimum absolute atomic E-state index is 0.0873. The Morgan fingerprint density at radius 1 is 1.16 bits per heavy atom. The minimum Gasteiger partial charge on any atom is -0.372 e. The van der Waals surface area contributed by atoms with Crippen LogP contribution in [0.1, 0.15) is 58.8 Å². The molecule has 0 radical (unpaired) electrons. The highest BCUT2D eigenvalue weighted by molar-refractivity contribution is 7.99. The molecule has 5 nitrogen and oxygen atoms in total. The third-order valence-corrected chi connectivity index (χ3v) is 8.39. The number of primary amides is 1. The van der Waals surface area contributed by atoms with Gasteiger partial charge in [-0.05, 0) is 54.5 Å². The standard InChI is InChI=1S/C29H41BN3S.CH3NO/c1-4-6-7-8-9-19-34-29-15-13-25(14-16-29)26-11-10-12-27(21-26)33(32)18-17-30(23-31)22-28(33)20-24(3)5-2;2-1-3/h10-16,21,28H,3-9,17-20,22,32H2,1-2H3;1H,(H2,2,3)/q+1;. The van der Waals surface area contributed by atoms with Gasteiger partial charge in [-0.15, -0.1) is 11.8 Å². The molecule has 1 aliphatic heterocycles. The quantitative estimate of drug-likeness (QED) is 0.0601. The van der Waals surface area contributed by atoms with Crippen molar-refractivity contribution >= 4 is 30.6 Å². The Labute approximate surface area is 228 Å². The number of nitrogens with two attached hydrogens (primary N) is 2. The van der Waals surface area contributed by atoms with Crippen molar-refractivity contribution in [3.8, 4) is 17.1 Å². The van der Waals surface area contributed by atoms with Crippen molar-refractivity contribution in [1.29, 1.82) is 5.26 Å². The van der Waals surface area contributed by atoms with Crippen molar-refractivity contribution in [2.45, 2.75) is 82.4 Å². The molecular formula is C30H44BN4OS+. The van der Waals surface area contributed by atoms with Gasteiger partial charge in [0.15, 0.2) is 5.69 Å². The number of benzene rings is 2. The smallest absolute Gasteiger partial charge is 0.279 e. The van der Waals surface area contributed by atoms with Gasteiger partial charge < -0.3 is 5.73 Å². The highest BCUT2D eigenvalue weighted by Gasteiger charge is 2.44. The Kier molecular flexibility index (Phi) is 13.6. The molecule has 3 rings (SSSR count). The Balaban J connectivity index is 0.00000153. The highest BCUT2D eigenvalue weighted by atomic mass is 32.2. The van der Waals surface area contributed by atoms with E-state index in [9.17, 15) is 5.26 Å². The van der Waals surface area contributed by atoms with Crippen molar-refractivity contribution in [2.24, 2.45) is 11.6 Å². The summed E-state index contributed by atoms with van der Waals surface area (Å²) in [7, 11) is 0. The van der Waals surface area contributed by atoms with E-state index in [2.05, 4.69) is 80.7 Å². The number of amides is 1. The van der Waals surface area contributed by atoms with Crippen LogP contribution in [-0.2, 0) is 4.79 Å². The number of nitrogens with zero attached hydrogens (tertiary/aromatic N) is 2. The van der Waals surface area contributed by atoms with Crippen molar-refractivity contribution in [3.05, 3.63) is 60.7 Å². The zero-order chi connectivity index (χ0) is 27.1. The fourth-order valence-electron chi connectivity index (χ4n) is 4.95. The molecule has 0 spiro atoms. The summed E-state index contributed by atoms with van der Waals surface area (Å²) in [5, 5.41) is 9.54. The second kappa shape index (κ2) is 16.3. The van der Waals surface area contributed by atoms with Crippen LogP contribution in [0, 0.1) is 11.2 Å². The number of nitriles is 1. The average molecular weight is 520 g/mol. The molecule has 4 N–H and O–H groups in total. The summed E-state index contributed by atoms with van der Waals surface area (Å²) in [5.41, 5.74) is 8.94. The summed E-state index contributed by atoms with van der Waals surface area (Å²) in [6.45, 7) is 9.53. The summed E-state index contributed by atoms with van der Waals surface area (Å²) >= 11 is 1.96. The lowest BCUT2D eigenvalue weighted by molar-refractivity contribution is -0.106. The van der Waals surface area contributed by atoms with E-state index in [1.807, 2.05) is 11.8 Å². The molecule has 1 heterocycles. The summed E-state index contributed by atoms with van der Waals surface area (Å²) in [6, 6.07) is 17.9. The fourth-order valence-corrected chi connectivity index (χ4v) is 5.86. The number of hydrogen-bond acceptors (Lipinski definition) is 4. The Morgan fingerprint density at radius 2 is 1.86 bits per heavy atom. The molecule has 2 aromatic carbocycles. The van der Waals surface area contributed by atoms with Gasteiger partial charge in [-0.2, -0.15) is 5.84 Å². The maximum absolute atomic E-state index is 9.54. The molecule has 0 aromatic heterocycles. The van der Waals surface area contributed by atoms with Crippen LogP contribution in [0.3, 0.4) is 0 Å². The van der Waals surface area contributed by atoms with Crippen LogP contribution in [0.15, 0.2) is 65.6 Å². The van der Waals surface area contributed by atoms with E-state index in [4.69, 9.17) is 10.6 Å². The average Bonchev–Trinajstić information content (AvgIpc) is 2.92. The van der Waals surface area contributed by atoms with E-state index >= 15 is 0 Å². The molecule has 1 fully saturated rings. The minimum atomic E-state index is 0.0873. The molecule has 37 heavy (non-hydrogen) atoms. The normalized spacial score (nSPS) is 18.9. The number of thioether (sulfide) groups is 1. The molecule has 0 aliphatic carbocycles. The third kappa shape index (κ3) is 9.38. The first-order valence-electron chi connectivity index (χ1n) is 13.6. The molecule has 2 unspecified atom stereocenters. The van der Waals surface area contributed by atoms with E-state index in [-0.39, 0.29) is 19.2 Å². The summed E-state index contributed by atoms with van der Waals surface area (Å²) in [6.07, 6.45) is 10.4. The van der Waals surface area contributed by atoms with Gasteiger partial charge >= 0.3 is 0 Å². The van der Waals surface area contributed by atoms with Crippen LogP contribution < -0.4 is 16.2 Å². The topological polar surface area (TPSA) is 92.9 Å². The van der Waals surface area contributed by atoms with Crippen molar-refractivity contribution in [1.82, 2.24) is 4.59 Å². The SMILES string of the molecule is C=C(CC)CC1CB(C#N)CC[N+]1(N)c1cccc(-c2ccc(SCCCCCCC)cc2)c1.NC=O. The molecular weight excluding hydrogens is 475 g/mol. The summed E-state index contributed by atoms with van der Waals surface area (Å²) in [5.74, 6) is 10.8. The van der Waals surface area contributed by atoms with Crippen LogP contribution in [0.5, 0.6) is 0 Å². The van der Waals surface area contributed by atoms with Gasteiger partial charge in [-0.25, -0.2) is 9.85 Å². The maximum atomic E-state index is 9.54. The molecule has 1 aliphatic rings. The van der Waals surface area contributed by atoms with Gasteiger partial charge in [0.25, 0.3) is 6.71 Å². The highest BCUT2D eigenvalue weighted by Crippen LogP contribution is 2.36. The molecule has 1 amide bonds. The van der Waals surface area contributed by atoms with E-state index < -0.39 is 0 Å². The first kappa shape index (κ1) is 30.7. The second-order valence-electron chi connectivity index (χ2n) is 9.94. The van der Waals surface area contributed by atoms with Gasteiger partial charge in [0.1, 0.15) is 6.04 Å².